The topological polar surface area (TPSA) is 70.3 Å². The van der Waals surface area contributed by atoms with Gasteiger partial charge in [-0.2, -0.15) is 5.10 Å². The fraction of sp³-hybridized carbons (Fsp3) is 0.643. The standard InChI is InChI=1S/C14H23N3O2S/c1-4-7-18-8-9-19-14-12(13(15)20)10(5-2)11(6-3)16-17-14/h4-9H2,1-3H3,(H2,15,20). The van der Waals surface area contributed by atoms with Crippen LogP contribution in [0.2, 0.25) is 0 Å². The predicted molar refractivity (Wildman–Crippen MR) is 83.3 cm³/mol. The van der Waals surface area contributed by atoms with Crippen molar-refractivity contribution in [2.24, 2.45) is 5.73 Å². The lowest BCUT2D eigenvalue weighted by molar-refractivity contribution is 0.0985. The van der Waals surface area contributed by atoms with Crippen molar-refractivity contribution in [1.29, 1.82) is 0 Å². The predicted octanol–water partition coefficient (Wildman–Crippen LogP) is 2.04. The smallest absolute Gasteiger partial charge is 0.244 e. The van der Waals surface area contributed by atoms with Crippen LogP contribution in [0.3, 0.4) is 0 Å². The Bertz CT molecular complexity index is 452. The number of hydrogen-bond acceptors (Lipinski definition) is 5. The van der Waals surface area contributed by atoms with Crippen LogP contribution in [0.1, 0.15) is 44.0 Å². The Labute approximate surface area is 125 Å². The van der Waals surface area contributed by atoms with E-state index in [4.69, 9.17) is 27.4 Å². The highest BCUT2D eigenvalue weighted by Crippen LogP contribution is 2.22. The zero-order valence-corrected chi connectivity index (χ0v) is 13.3. The first-order valence-electron chi connectivity index (χ1n) is 7.04. The number of aromatic nitrogens is 2. The number of ether oxygens (including phenoxy) is 2. The zero-order chi connectivity index (χ0) is 15.0. The second-order valence-electron chi connectivity index (χ2n) is 4.34. The maximum absolute atomic E-state index is 5.82. The molecule has 0 bridgehead atoms. The van der Waals surface area contributed by atoms with E-state index in [0.717, 1.165) is 37.1 Å². The van der Waals surface area contributed by atoms with Crippen LogP contribution in [0.15, 0.2) is 0 Å². The van der Waals surface area contributed by atoms with Gasteiger partial charge in [0.15, 0.2) is 0 Å². The Hall–Kier alpha value is -1.27. The van der Waals surface area contributed by atoms with Gasteiger partial charge in [-0.3, -0.25) is 0 Å². The van der Waals surface area contributed by atoms with E-state index in [1.54, 1.807) is 0 Å². The molecule has 6 heteroatoms. The summed E-state index contributed by atoms with van der Waals surface area (Å²) in [7, 11) is 0. The molecular formula is C14H23N3O2S. The maximum atomic E-state index is 5.82. The molecule has 0 aromatic carbocycles. The van der Waals surface area contributed by atoms with Gasteiger partial charge in [0.05, 0.1) is 17.9 Å². The van der Waals surface area contributed by atoms with E-state index in [0.29, 0.717) is 29.6 Å². The van der Waals surface area contributed by atoms with E-state index in [1.807, 2.05) is 13.8 Å². The van der Waals surface area contributed by atoms with Gasteiger partial charge in [-0.15, -0.1) is 5.10 Å². The van der Waals surface area contributed by atoms with Crippen molar-refractivity contribution in [1.82, 2.24) is 10.2 Å². The molecule has 0 aliphatic carbocycles. The average Bonchev–Trinajstić information content (AvgIpc) is 2.45. The fourth-order valence-corrected chi connectivity index (χ4v) is 2.16. The van der Waals surface area contributed by atoms with Gasteiger partial charge in [-0.25, -0.2) is 0 Å². The van der Waals surface area contributed by atoms with Gasteiger partial charge in [0.1, 0.15) is 11.6 Å². The highest BCUT2D eigenvalue weighted by atomic mass is 32.1. The van der Waals surface area contributed by atoms with Gasteiger partial charge in [0.2, 0.25) is 5.88 Å². The van der Waals surface area contributed by atoms with Crippen molar-refractivity contribution in [3.8, 4) is 5.88 Å². The largest absolute Gasteiger partial charge is 0.474 e. The van der Waals surface area contributed by atoms with E-state index >= 15 is 0 Å². The van der Waals surface area contributed by atoms with Crippen molar-refractivity contribution in [2.75, 3.05) is 19.8 Å². The molecule has 0 aliphatic rings. The molecule has 0 spiro atoms. The summed E-state index contributed by atoms with van der Waals surface area (Å²) in [4.78, 5) is 0.302. The van der Waals surface area contributed by atoms with Crippen LogP contribution in [-0.2, 0) is 17.6 Å². The SMILES string of the molecule is CCCOCCOc1nnc(CC)c(CC)c1C(N)=S. The van der Waals surface area contributed by atoms with E-state index in [2.05, 4.69) is 17.1 Å². The van der Waals surface area contributed by atoms with E-state index in [-0.39, 0.29) is 0 Å². The molecule has 0 amide bonds. The molecule has 0 fully saturated rings. The molecule has 1 heterocycles. The highest BCUT2D eigenvalue weighted by molar-refractivity contribution is 7.80. The molecule has 0 aliphatic heterocycles. The first-order valence-corrected chi connectivity index (χ1v) is 7.45. The first kappa shape index (κ1) is 16.8. The van der Waals surface area contributed by atoms with Crippen molar-refractivity contribution in [3.05, 3.63) is 16.8 Å². The number of nitrogens with two attached hydrogens (primary N) is 1. The number of rotatable bonds is 9. The number of hydrogen-bond donors (Lipinski definition) is 1. The third-order valence-electron chi connectivity index (χ3n) is 2.88. The Morgan fingerprint density at radius 2 is 1.85 bits per heavy atom. The highest BCUT2D eigenvalue weighted by Gasteiger charge is 2.17. The Balaban J connectivity index is 2.87. The van der Waals surface area contributed by atoms with Crippen molar-refractivity contribution < 1.29 is 9.47 Å². The minimum atomic E-state index is 0.302. The fourth-order valence-electron chi connectivity index (χ4n) is 1.95. The van der Waals surface area contributed by atoms with E-state index in [9.17, 15) is 0 Å². The summed E-state index contributed by atoms with van der Waals surface area (Å²) < 4.78 is 11.0. The molecule has 0 saturated carbocycles. The van der Waals surface area contributed by atoms with Gasteiger partial charge in [-0.05, 0) is 24.8 Å². The van der Waals surface area contributed by atoms with Crippen LogP contribution in [0.25, 0.3) is 0 Å². The molecule has 0 atom stereocenters. The second-order valence-corrected chi connectivity index (χ2v) is 4.78. The Morgan fingerprint density at radius 1 is 1.10 bits per heavy atom. The van der Waals surface area contributed by atoms with Gasteiger partial charge < -0.3 is 15.2 Å². The van der Waals surface area contributed by atoms with E-state index < -0.39 is 0 Å². The van der Waals surface area contributed by atoms with Gasteiger partial charge >= 0.3 is 0 Å². The molecule has 0 unspecified atom stereocenters. The van der Waals surface area contributed by atoms with Gasteiger partial charge in [0.25, 0.3) is 0 Å². The van der Waals surface area contributed by atoms with Crippen molar-refractivity contribution in [3.63, 3.8) is 0 Å². The molecule has 20 heavy (non-hydrogen) atoms. The van der Waals surface area contributed by atoms with Crippen LogP contribution in [0.5, 0.6) is 5.88 Å². The van der Waals surface area contributed by atoms with Crippen molar-refractivity contribution in [2.45, 2.75) is 40.0 Å². The summed E-state index contributed by atoms with van der Waals surface area (Å²) in [5.74, 6) is 0.409. The molecule has 2 N–H and O–H groups in total. The quantitative estimate of drug-likeness (QED) is 0.555. The van der Waals surface area contributed by atoms with Gasteiger partial charge in [-0.1, -0.05) is 33.0 Å². The maximum Gasteiger partial charge on any atom is 0.244 e. The lowest BCUT2D eigenvalue weighted by atomic mass is 10.0. The molecule has 0 radical (unpaired) electrons. The van der Waals surface area contributed by atoms with Gasteiger partial charge in [0, 0.05) is 6.61 Å². The number of nitrogens with zero attached hydrogens (tertiary/aromatic N) is 2. The molecule has 5 nitrogen and oxygen atoms in total. The molecule has 1 rings (SSSR count). The van der Waals surface area contributed by atoms with Crippen LogP contribution in [-0.4, -0.2) is 35.0 Å². The van der Waals surface area contributed by atoms with Crippen molar-refractivity contribution >= 4 is 17.2 Å². The molecule has 112 valence electrons. The minimum Gasteiger partial charge on any atom is -0.474 e. The normalized spacial score (nSPS) is 10.6. The second kappa shape index (κ2) is 8.81. The zero-order valence-electron chi connectivity index (χ0n) is 12.4. The monoisotopic (exact) mass is 297 g/mol. The minimum absolute atomic E-state index is 0.302. The molecule has 1 aromatic heterocycles. The summed E-state index contributed by atoms with van der Waals surface area (Å²) in [6.07, 6.45) is 2.59. The summed E-state index contributed by atoms with van der Waals surface area (Å²) in [5.41, 5.74) is 8.48. The number of thiocarbonyl (C=S) groups is 1. The molecule has 1 aromatic rings. The average molecular weight is 297 g/mol. The Kier molecular flexibility index (Phi) is 7.40. The van der Waals surface area contributed by atoms with E-state index in [1.165, 1.54) is 0 Å². The summed E-state index contributed by atoms with van der Waals surface area (Å²) >= 11 is 5.13. The summed E-state index contributed by atoms with van der Waals surface area (Å²) in [6.45, 7) is 7.81. The first-order chi connectivity index (χ1) is 9.65. The number of aryl methyl sites for hydroxylation is 1. The van der Waals surface area contributed by atoms with Crippen LogP contribution in [0, 0.1) is 0 Å². The lowest BCUT2D eigenvalue weighted by Gasteiger charge is -2.14. The summed E-state index contributed by atoms with van der Waals surface area (Å²) in [5, 5.41) is 8.30. The lowest BCUT2D eigenvalue weighted by Crippen LogP contribution is -2.19. The summed E-state index contributed by atoms with van der Waals surface area (Å²) in [6, 6.07) is 0. The third kappa shape index (κ3) is 4.38. The van der Waals surface area contributed by atoms with Crippen LogP contribution >= 0.6 is 12.2 Å². The Morgan fingerprint density at radius 3 is 2.40 bits per heavy atom. The van der Waals surface area contributed by atoms with Crippen LogP contribution < -0.4 is 10.5 Å². The molecular weight excluding hydrogens is 274 g/mol. The van der Waals surface area contributed by atoms with Crippen LogP contribution in [0.4, 0.5) is 0 Å². The third-order valence-corrected chi connectivity index (χ3v) is 3.08. The molecule has 0 saturated heterocycles.